The molecule has 0 spiro atoms. The number of allylic oxidation sites excluding steroid dienone is 4. The van der Waals surface area contributed by atoms with E-state index in [2.05, 4.69) is 121 Å². The Morgan fingerprint density at radius 1 is 0.654 bits per heavy atom. The molecule has 0 amide bonds. The zero-order chi connectivity index (χ0) is 35.6. The molecule has 5 aromatic carbocycles. The predicted octanol–water partition coefficient (Wildman–Crippen LogP) is 12.0. The lowest BCUT2D eigenvalue weighted by Gasteiger charge is -2.14. The van der Waals surface area contributed by atoms with E-state index >= 15 is 0 Å². The Kier molecular flexibility index (Phi) is 9.04. The molecule has 5 nitrogen and oxygen atoms in total. The fourth-order valence-corrected chi connectivity index (χ4v) is 7.92. The average Bonchev–Trinajstić information content (AvgIpc) is 3.77. The van der Waals surface area contributed by atoms with Gasteiger partial charge in [-0.15, -0.1) is 11.3 Å². The topological polar surface area (TPSA) is 56.5 Å². The van der Waals surface area contributed by atoms with E-state index in [4.69, 9.17) is 19.9 Å². The van der Waals surface area contributed by atoms with Crippen molar-refractivity contribution < 1.29 is 0 Å². The number of fused-ring (bicyclic) bond motifs is 7. The van der Waals surface area contributed by atoms with Crippen LogP contribution in [0.25, 0.3) is 87.3 Å². The summed E-state index contributed by atoms with van der Waals surface area (Å²) in [6.45, 7) is 7.94. The first-order valence-corrected chi connectivity index (χ1v) is 18.5. The molecule has 0 aliphatic rings. The molecule has 52 heavy (non-hydrogen) atoms. The van der Waals surface area contributed by atoms with Crippen LogP contribution in [-0.2, 0) is 0 Å². The first kappa shape index (κ1) is 33.0. The molecule has 250 valence electrons. The molecule has 0 aliphatic heterocycles. The lowest BCUT2D eigenvalue weighted by atomic mass is 10.0. The van der Waals surface area contributed by atoms with Crippen molar-refractivity contribution in [2.24, 2.45) is 0 Å². The molecule has 0 fully saturated rings. The molecule has 0 atom stereocenters. The fraction of sp³-hybridized carbons (Fsp3) is 0.0222. The molecule has 0 unspecified atom stereocenters. The molecule has 9 rings (SSSR count). The first-order valence-electron chi connectivity index (χ1n) is 16.8. The van der Waals surface area contributed by atoms with Crippen molar-refractivity contribution in [1.29, 1.82) is 0 Å². The van der Waals surface area contributed by atoms with E-state index in [0.29, 0.717) is 17.5 Å². The van der Waals surface area contributed by atoms with E-state index in [1.165, 1.54) is 14.8 Å². The highest BCUT2D eigenvalue weighted by molar-refractivity contribution is 7.79. The van der Waals surface area contributed by atoms with Gasteiger partial charge in [-0.05, 0) is 47.7 Å². The Hall–Kier alpha value is -6.15. The molecular weight excluding hydrogens is 675 g/mol. The van der Waals surface area contributed by atoms with Crippen LogP contribution >= 0.6 is 24.0 Å². The Morgan fingerprint density at radius 3 is 2.02 bits per heavy atom. The lowest BCUT2D eigenvalue weighted by molar-refractivity contribution is 1.04. The minimum absolute atomic E-state index is 0.531. The van der Waals surface area contributed by atoms with Crippen LogP contribution < -0.4 is 0 Å². The minimum atomic E-state index is 0.531. The molecule has 4 aromatic heterocycles. The van der Waals surface area contributed by atoms with E-state index in [9.17, 15) is 0 Å². The van der Waals surface area contributed by atoms with Crippen LogP contribution in [-0.4, -0.2) is 30.8 Å². The Labute approximate surface area is 311 Å². The fourth-order valence-electron chi connectivity index (χ4n) is 6.71. The second kappa shape index (κ2) is 14.2. The number of hydrogen-bond donors (Lipinski definition) is 1. The number of thiophene rings is 1. The van der Waals surface area contributed by atoms with Gasteiger partial charge in [0, 0.05) is 49.4 Å². The second-order valence-corrected chi connectivity index (χ2v) is 13.1. The van der Waals surface area contributed by atoms with Gasteiger partial charge in [0.15, 0.2) is 17.5 Å². The summed E-state index contributed by atoms with van der Waals surface area (Å²) in [5.74, 6) is 1.68. The Balaban J connectivity index is 0.00000190. The molecule has 7 heteroatoms. The van der Waals surface area contributed by atoms with Crippen LogP contribution in [0.15, 0.2) is 165 Å². The van der Waals surface area contributed by atoms with Crippen LogP contribution in [0.2, 0.25) is 0 Å². The van der Waals surface area contributed by atoms with Gasteiger partial charge in [-0.3, -0.25) is 4.98 Å². The van der Waals surface area contributed by atoms with Crippen molar-refractivity contribution in [1.82, 2.24) is 24.5 Å². The summed E-state index contributed by atoms with van der Waals surface area (Å²) in [7, 11) is 0. The predicted molar refractivity (Wildman–Crippen MR) is 224 cm³/mol. The quantitative estimate of drug-likeness (QED) is 0.132. The van der Waals surface area contributed by atoms with Gasteiger partial charge in [0.1, 0.15) is 0 Å². The Morgan fingerprint density at radius 2 is 1.29 bits per heavy atom. The van der Waals surface area contributed by atoms with Crippen molar-refractivity contribution in [3.63, 3.8) is 0 Å². The van der Waals surface area contributed by atoms with Crippen molar-refractivity contribution in [2.75, 3.05) is 6.26 Å². The number of nitrogens with zero attached hydrogens (tertiary/aromatic N) is 5. The molecule has 0 saturated carbocycles. The summed E-state index contributed by atoms with van der Waals surface area (Å²) in [5.41, 5.74) is 8.82. The van der Waals surface area contributed by atoms with Gasteiger partial charge in [-0.2, -0.15) is 12.6 Å². The van der Waals surface area contributed by atoms with Gasteiger partial charge in [-0.25, -0.2) is 15.0 Å². The number of pyridine rings is 1. The summed E-state index contributed by atoms with van der Waals surface area (Å²) in [5, 5.41) is 3.48. The van der Waals surface area contributed by atoms with Crippen LogP contribution in [0.3, 0.4) is 0 Å². The van der Waals surface area contributed by atoms with Crippen molar-refractivity contribution >= 4 is 71.6 Å². The van der Waals surface area contributed by atoms with Crippen molar-refractivity contribution in [3.05, 3.63) is 171 Å². The molecule has 0 aliphatic carbocycles. The van der Waals surface area contributed by atoms with Crippen LogP contribution in [0.5, 0.6) is 0 Å². The zero-order valence-corrected chi connectivity index (χ0v) is 30.2. The van der Waals surface area contributed by atoms with Crippen molar-refractivity contribution in [3.8, 4) is 39.6 Å². The number of aromatic nitrogens is 5. The minimum Gasteiger partial charge on any atom is -0.306 e. The monoisotopic (exact) mass is 707 g/mol. The van der Waals surface area contributed by atoms with E-state index in [1.807, 2.05) is 60.0 Å². The van der Waals surface area contributed by atoms with Crippen LogP contribution in [0.1, 0.15) is 5.82 Å². The molecule has 0 bridgehead atoms. The third-order valence-corrected chi connectivity index (χ3v) is 10.2. The third-order valence-electron chi connectivity index (χ3n) is 9.00. The summed E-state index contributed by atoms with van der Waals surface area (Å²) in [6, 6.07) is 44.1. The van der Waals surface area contributed by atoms with Gasteiger partial charge < -0.3 is 4.57 Å². The first-order chi connectivity index (χ1) is 25.7. The molecule has 0 saturated heterocycles. The normalized spacial score (nSPS) is 11.5. The molecule has 9 aromatic rings. The highest BCUT2D eigenvalue weighted by Gasteiger charge is 2.21. The summed E-state index contributed by atoms with van der Waals surface area (Å²) in [6.07, 6.45) is 9.07. The lowest BCUT2D eigenvalue weighted by Crippen LogP contribution is -2.03. The van der Waals surface area contributed by atoms with E-state index in [-0.39, 0.29) is 0 Å². The van der Waals surface area contributed by atoms with Crippen molar-refractivity contribution in [2.45, 2.75) is 0 Å². The van der Waals surface area contributed by atoms with Gasteiger partial charge in [0.25, 0.3) is 0 Å². The van der Waals surface area contributed by atoms with Crippen LogP contribution in [0, 0.1) is 0 Å². The smallest absolute Gasteiger partial charge is 0.164 e. The maximum absolute atomic E-state index is 5.10. The van der Waals surface area contributed by atoms with Gasteiger partial charge in [0.05, 0.1) is 21.3 Å². The number of para-hydroxylation sites is 1. The average molecular weight is 708 g/mol. The number of benzene rings is 5. The largest absolute Gasteiger partial charge is 0.306 e. The second-order valence-electron chi connectivity index (χ2n) is 12.0. The summed E-state index contributed by atoms with van der Waals surface area (Å²) < 4.78 is 4.81. The van der Waals surface area contributed by atoms with Gasteiger partial charge >= 0.3 is 0 Å². The van der Waals surface area contributed by atoms with E-state index in [0.717, 1.165) is 60.8 Å². The van der Waals surface area contributed by atoms with Crippen LogP contribution in [0.4, 0.5) is 0 Å². The van der Waals surface area contributed by atoms with E-state index < -0.39 is 0 Å². The molecule has 0 radical (unpaired) electrons. The van der Waals surface area contributed by atoms with E-state index in [1.54, 1.807) is 18.4 Å². The zero-order valence-electron chi connectivity index (χ0n) is 28.4. The molecule has 0 N–H and O–H groups in total. The standard InChI is InChI=1S/C44H29N5S.CH4S/c1-3-15-28(4-2)42-46-43(30-18-9-6-10-19-30)48-44(47-42)32-24-31(29-16-7-5-8-17-29)25-33(26-32)49-37-22-13-11-21-35(37)39-40(49)41-36(27-45-39)34-20-12-14-23-38(34)50-41;1-2/h3-27H,1-2H2;2H,1H3/b28-15+;. The highest BCUT2D eigenvalue weighted by Crippen LogP contribution is 2.42. The third kappa shape index (κ3) is 5.80. The Bertz CT molecular complexity index is 2800. The molecule has 4 heterocycles. The number of hydrogen-bond acceptors (Lipinski definition) is 6. The maximum atomic E-state index is 5.10. The van der Waals surface area contributed by atoms with Gasteiger partial charge in [-0.1, -0.05) is 128 Å². The maximum Gasteiger partial charge on any atom is 0.164 e. The highest BCUT2D eigenvalue weighted by atomic mass is 32.1. The summed E-state index contributed by atoms with van der Waals surface area (Å²) in [4.78, 5) is 20.1. The SMILES string of the molecule is C=C/C=C(\C=C)c1nc(-c2ccccc2)nc(-c2cc(-c3ccccc3)cc(-n3c4ccccc4c4ncc5c6ccccc6sc5c43)c2)n1.CS. The molecular formula is C45H33N5S2. The summed E-state index contributed by atoms with van der Waals surface area (Å²) >= 11 is 5.34. The number of rotatable bonds is 7. The number of thiol groups is 1. The van der Waals surface area contributed by atoms with Gasteiger partial charge in [0.2, 0.25) is 0 Å².